The highest BCUT2D eigenvalue weighted by molar-refractivity contribution is 5.29. The Morgan fingerprint density at radius 3 is 2.71 bits per heavy atom. The molecule has 0 saturated carbocycles. The maximum Gasteiger partial charge on any atom is 0.203 e. The minimum absolute atomic E-state index is 0.165. The number of anilines is 1. The molecule has 1 N–H and O–H groups in total. The van der Waals surface area contributed by atoms with E-state index in [9.17, 15) is 0 Å². The standard InChI is InChI=1S/C12H23N3O2/c1-9-7-15(10(2)8-16-4)12(14-9)13-6-11(3)17-5/h7,10-11H,6,8H2,1-5H3,(H,13,14). The summed E-state index contributed by atoms with van der Waals surface area (Å²) in [5.74, 6) is 0.871. The highest BCUT2D eigenvalue weighted by atomic mass is 16.5. The average molecular weight is 241 g/mol. The summed E-state index contributed by atoms with van der Waals surface area (Å²) in [5.41, 5.74) is 1.00. The first-order chi connectivity index (χ1) is 8.08. The number of ether oxygens (including phenoxy) is 2. The Kier molecular flexibility index (Phi) is 5.44. The molecule has 0 saturated heterocycles. The Labute approximate surface area is 103 Å². The van der Waals surface area contributed by atoms with Gasteiger partial charge in [-0.25, -0.2) is 4.98 Å². The topological polar surface area (TPSA) is 48.3 Å². The molecule has 2 atom stereocenters. The van der Waals surface area contributed by atoms with E-state index < -0.39 is 0 Å². The van der Waals surface area contributed by atoms with Crippen molar-refractivity contribution in [1.29, 1.82) is 0 Å². The second-order valence-electron chi connectivity index (χ2n) is 4.34. The minimum atomic E-state index is 0.165. The average Bonchev–Trinajstić information content (AvgIpc) is 2.67. The lowest BCUT2D eigenvalue weighted by Gasteiger charge is -2.17. The predicted molar refractivity (Wildman–Crippen MR) is 68.5 cm³/mol. The third-order valence-electron chi connectivity index (χ3n) is 2.69. The molecule has 1 heterocycles. The van der Waals surface area contributed by atoms with Gasteiger partial charge in [0.15, 0.2) is 0 Å². The Morgan fingerprint density at radius 2 is 2.12 bits per heavy atom. The zero-order valence-corrected chi connectivity index (χ0v) is 11.4. The Bertz CT molecular complexity index is 338. The molecule has 1 aromatic heterocycles. The lowest BCUT2D eigenvalue weighted by Crippen LogP contribution is -2.21. The molecule has 0 bridgehead atoms. The number of methoxy groups -OCH3 is 2. The minimum Gasteiger partial charge on any atom is -0.383 e. The van der Waals surface area contributed by atoms with Gasteiger partial charge in [0, 0.05) is 27.0 Å². The van der Waals surface area contributed by atoms with Crippen LogP contribution in [0.4, 0.5) is 5.95 Å². The first kappa shape index (κ1) is 14.0. The maximum absolute atomic E-state index is 5.20. The molecule has 5 nitrogen and oxygen atoms in total. The predicted octanol–water partition coefficient (Wildman–Crippen LogP) is 1.85. The molecule has 1 rings (SSSR count). The zero-order valence-electron chi connectivity index (χ0n) is 11.4. The quantitative estimate of drug-likeness (QED) is 0.791. The summed E-state index contributed by atoms with van der Waals surface area (Å²) in [7, 11) is 3.41. The molecule has 0 radical (unpaired) electrons. The van der Waals surface area contributed by atoms with E-state index in [1.54, 1.807) is 14.2 Å². The summed E-state index contributed by atoms with van der Waals surface area (Å²) in [6, 6.07) is 0.265. The van der Waals surface area contributed by atoms with Crippen molar-refractivity contribution in [2.24, 2.45) is 0 Å². The zero-order chi connectivity index (χ0) is 12.8. The van der Waals surface area contributed by atoms with Crippen LogP contribution in [0.1, 0.15) is 25.6 Å². The molecule has 2 unspecified atom stereocenters. The molecule has 0 fully saturated rings. The van der Waals surface area contributed by atoms with Crippen molar-refractivity contribution in [3.63, 3.8) is 0 Å². The summed E-state index contributed by atoms with van der Waals surface area (Å²) in [5, 5.41) is 3.30. The second-order valence-corrected chi connectivity index (χ2v) is 4.34. The van der Waals surface area contributed by atoms with Gasteiger partial charge >= 0.3 is 0 Å². The van der Waals surface area contributed by atoms with Crippen LogP contribution in [0.15, 0.2) is 6.20 Å². The van der Waals surface area contributed by atoms with Gasteiger partial charge in [0.05, 0.1) is 24.4 Å². The molecule has 5 heteroatoms. The van der Waals surface area contributed by atoms with Gasteiger partial charge < -0.3 is 19.4 Å². The van der Waals surface area contributed by atoms with Gasteiger partial charge in [0.2, 0.25) is 5.95 Å². The molecule has 1 aromatic rings. The van der Waals surface area contributed by atoms with Crippen LogP contribution in [0.2, 0.25) is 0 Å². The van der Waals surface area contributed by atoms with Gasteiger partial charge in [-0.05, 0) is 20.8 Å². The van der Waals surface area contributed by atoms with Gasteiger partial charge in [-0.3, -0.25) is 0 Å². The monoisotopic (exact) mass is 241 g/mol. The summed E-state index contributed by atoms with van der Waals surface area (Å²) >= 11 is 0. The van der Waals surface area contributed by atoms with Crippen LogP contribution in [0, 0.1) is 6.92 Å². The van der Waals surface area contributed by atoms with Crippen molar-refractivity contribution in [1.82, 2.24) is 9.55 Å². The lowest BCUT2D eigenvalue weighted by atomic mass is 10.3. The van der Waals surface area contributed by atoms with E-state index in [0.717, 1.165) is 18.2 Å². The number of rotatable bonds is 7. The molecule has 0 aromatic carbocycles. The summed E-state index contributed by atoms with van der Waals surface area (Å²) in [6.07, 6.45) is 2.20. The smallest absolute Gasteiger partial charge is 0.203 e. The van der Waals surface area contributed by atoms with Crippen molar-refractivity contribution < 1.29 is 9.47 Å². The molecule has 98 valence electrons. The van der Waals surface area contributed by atoms with Gasteiger partial charge in [-0.1, -0.05) is 0 Å². The highest BCUT2D eigenvalue weighted by Gasteiger charge is 2.12. The van der Waals surface area contributed by atoms with Crippen molar-refractivity contribution >= 4 is 5.95 Å². The number of nitrogens with one attached hydrogen (secondary N) is 1. The number of aromatic nitrogens is 2. The largest absolute Gasteiger partial charge is 0.383 e. The summed E-state index contributed by atoms with van der Waals surface area (Å²) < 4.78 is 12.5. The molecular weight excluding hydrogens is 218 g/mol. The second kappa shape index (κ2) is 6.61. The molecule has 0 aliphatic rings. The molecule has 0 aliphatic heterocycles. The Balaban J connectivity index is 2.70. The van der Waals surface area contributed by atoms with E-state index in [1.165, 1.54) is 0 Å². The number of hydrogen-bond donors (Lipinski definition) is 1. The fraction of sp³-hybridized carbons (Fsp3) is 0.750. The van der Waals surface area contributed by atoms with Crippen LogP contribution in [0.3, 0.4) is 0 Å². The number of nitrogens with zero attached hydrogens (tertiary/aromatic N) is 2. The summed E-state index contributed by atoms with van der Waals surface area (Å²) in [6.45, 7) is 7.53. The van der Waals surface area contributed by atoms with Crippen LogP contribution < -0.4 is 5.32 Å². The molecule has 0 spiro atoms. The van der Waals surface area contributed by atoms with E-state index >= 15 is 0 Å². The van der Waals surface area contributed by atoms with Crippen LogP contribution in [-0.2, 0) is 9.47 Å². The first-order valence-corrected chi connectivity index (χ1v) is 5.89. The third kappa shape index (κ3) is 4.02. The van der Waals surface area contributed by atoms with Crippen LogP contribution >= 0.6 is 0 Å². The van der Waals surface area contributed by atoms with Gasteiger partial charge in [0.1, 0.15) is 0 Å². The Hall–Kier alpha value is -1.07. The van der Waals surface area contributed by atoms with Crippen molar-refractivity contribution in [2.45, 2.75) is 32.9 Å². The van der Waals surface area contributed by atoms with Crippen LogP contribution in [0.25, 0.3) is 0 Å². The molecular formula is C12H23N3O2. The van der Waals surface area contributed by atoms with Gasteiger partial charge in [-0.2, -0.15) is 0 Å². The molecule has 0 aliphatic carbocycles. The van der Waals surface area contributed by atoms with E-state index in [-0.39, 0.29) is 12.1 Å². The van der Waals surface area contributed by atoms with Crippen molar-refractivity contribution in [3.8, 4) is 0 Å². The fourth-order valence-electron chi connectivity index (χ4n) is 1.62. The van der Waals surface area contributed by atoms with E-state index in [0.29, 0.717) is 6.61 Å². The highest BCUT2D eigenvalue weighted by Crippen LogP contribution is 2.16. The van der Waals surface area contributed by atoms with Gasteiger partial charge in [0.25, 0.3) is 0 Å². The van der Waals surface area contributed by atoms with Crippen LogP contribution in [0.5, 0.6) is 0 Å². The van der Waals surface area contributed by atoms with E-state index in [2.05, 4.69) is 21.8 Å². The molecule has 17 heavy (non-hydrogen) atoms. The van der Waals surface area contributed by atoms with E-state index in [1.807, 2.05) is 20.0 Å². The maximum atomic E-state index is 5.20. The third-order valence-corrected chi connectivity index (χ3v) is 2.69. The fourth-order valence-corrected chi connectivity index (χ4v) is 1.62. The van der Waals surface area contributed by atoms with E-state index in [4.69, 9.17) is 9.47 Å². The number of aryl methyl sites for hydroxylation is 1. The SMILES string of the molecule is COCC(C)n1cc(C)nc1NCC(C)OC. The number of imidazole rings is 1. The van der Waals surface area contributed by atoms with Crippen LogP contribution in [-0.4, -0.2) is 43.0 Å². The normalized spacial score (nSPS) is 14.6. The number of hydrogen-bond acceptors (Lipinski definition) is 4. The summed E-state index contributed by atoms with van der Waals surface area (Å²) in [4.78, 5) is 4.46. The van der Waals surface area contributed by atoms with Gasteiger partial charge in [-0.15, -0.1) is 0 Å². The van der Waals surface area contributed by atoms with Crippen molar-refractivity contribution in [3.05, 3.63) is 11.9 Å². The first-order valence-electron chi connectivity index (χ1n) is 5.89. The molecule has 0 amide bonds. The Morgan fingerprint density at radius 1 is 1.41 bits per heavy atom. The lowest BCUT2D eigenvalue weighted by molar-refractivity contribution is 0.128. The van der Waals surface area contributed by atoms with Crippen molar-refractivity contribution in [2.75, 3.05) is 32.7 Å².